The van der Waals surface area contributed by atoms with Crippen LogP contribution in [0, 0.1) is 5.92 Å². The van der Waals surface area contributed by atoms with Crippen molar-refractivity contribution < 1.29 is 9.53 Å². The third kappa shape index (κ3) is 4.49. The summed E-state index contributed by atoms with van der Waals surface area (Å²) in [6.07, 6.45) is 3.15. The van der Waals surface area contributed by atoms with Crippen molar-refractivity contribution in [3.8, 4) is 0 Å². The Balaban J connectivity index is 2.35. The Labute approximate surface area is 97.9 Å². The number of hydrogen-bond acceptors (Lipinski definition) is 3. The van der Waals surface area contributed by atoms with Crippen molar-refractivity contribution in [2.45, 2.75) is 58.2 Å². The van der Waals surface area contributed by atoms with E-state index >= 15 is 0 Å². The second-order valence-corrected chi connectivity index (χ2v) is 5.14. The Morgan fingerprint density at radius 2 is 2.19 bits per heavy atom. The SMILES string of the molecule is CC(C)CC1CC(NC(=O)C(C)N)CCO1. The maximum Gasteiger partial charge on any atom is 0.236 e. The zero-order valence-corrected chi connectivity index (χ0v) is 10.5. The molecule has 1 heterocycles. The molecule has 0 radical (unpaired) electrons. The van der Waals surface area contributed by atoms with E-state index < -0.39 is 6.04 Å². The quantitative estimate of drug-likeness (QED) is 0.755. The molecule has 1 fully saturated rings. The van der Waals surface area contributed by atoms with Gasteiger partial charge in [0.15, 0.2) is 0 Å². The third-order valence-corrected chi connectivity index (χ3v) is 2.86. The van der Waals surface area contributed by atoms with Gasteiger partial charge < -0.3 is 15.8 Å². The van der Waals surface area contributed by atoms with Gasteiger partial charge in [0, 0.05) is 12.6 Å². The van der Waals surface area contributed by atoms with E-state index in [-0.39, 0.29) is 18.1 Å². The minimum atomic E-state index is -0.425. The van der Waals surface area contributed by atoms with Crippen LogP contribution in [-0.2, 0) is 9.53 Å². The fraction of sp³-hybridized carbons (Fsp3) is 0.917. The lowest BCUT2D eigenvalue weighted by Crippen LogP contribution is -2.47. The van der Waals surface area contributed by atoms with Gasteiger partial charge in [-0.25, -0.2) is 0 Å². The summed E-state index contributed by atoms with van der Waals surface area (Å²) in [4.78, 5) is 11.5. The van der Waals surface area contributed by atoms with Gasteiger partial charge in [-0.05, 0) is 32.1 Å². The fourth-order valence-electron chi connectivity index (χ4n) is 2.03. The molecule has 0 bridgehead atoms. The molecule has 0 aliphatic carbocycles. The van der Waals surface area contributed by atoms with Crippen molar-refractivity contribution in [3.63, 3.8) is 0 Å². The van der Waals surface area contributed by atoms with E-state index in [1.807, 2.05) is 0 Å². The standard InChI is InChI=1S/C12H24N2O2/c1-8(2)6-11-7-10(4-5-16-11)14-12(15)9(3)13/h8-11H,4-7,13H2,1-3H3,(H,14,15). The van der Waals surface area contributed by atoms with E-state index in [9.17, 15) is 4.79 Å². The lowest BCUT2D eigenvalue weighted by Gasteiger charge is -2.31. The molecule has 1 aliphatic rings. The number of hydrogen-bond donors (Lipinski definition) is 2. The van der Waals surface area contributed by atoms with E-state index in [0.717, 1.165) is 25.9 Å². The summed E-state index contributed by atoms with van der Waals surface area (Å²) >= 11 is 0. The van der Waals surface area contributed by atoms with Crippen LogP contribution in [-0.4, -0.2) is 30.7 Å². The summed E-state index contributed by atoms with van der Waals surface area (Å²) in [5, 5.41) is 2.98. The van der Waals surface area contributed by atoms with Gasteiger partial charge >= 0.3 is 0 Å². The van der Waals surface area contributed by atoms with E-state index in [0.29, 0.717) is 5.92 Å². The second kappa shape index (κ2) is 6.21. The molecule has 1 saturated heterocycles. The molecule has 16 heavy (non-hydrogen) atoms. The van der Waals surface area contributed by atoms with Crippen LogP contribution in [0.15, 0.2) is 0 Å². The molecular formula is C12H24N2O2. The lowest BCUT2D eigenvalue weighted by atomic mass is 9.96. The number of amides is 1. The number of nitrogens with one attached hydrogen (secondary N) is 1. The highest BCUT2D eigenvalue weighted by atomic mass is 16.5. The molecule has 3 unspecified atom stereocenters. The van der Waals surface area contributed by atoms with Crippen molar-refractivity contribution in [3.05, 3.63) is 0 Å². The molecule has 0 saturated carbocycles. The van der Waals surface area contributed by atoms with Crippen LogP contribution in [0.4, 0.5) is 0 Å². The van der Waals surface area contributed by atoms with Gasteiger partial charge in [0.05, 0.1) is 12.1 Å². The summed E-state index contributed by atoms with van der Waals surface area (Å²) in [5.41, 5.74) is 5.53. The molecule has 0 aromatic rings. The maximum atomic E-state index is 11.5. The Morgan fingerprint density at radius 1 is 1.50 bits per heavy atom. The van der Waals surface area contributed by atoms with E-state index in [2.05, 4.69) is 19.2 Å². The zero-order valence-electron chi connectivity index (χ0n) is 10.5. The van der Waals surface area contributed by atoms with Crippen LogP contribution in [0.25, 0.3) is 0 Å². The second-order valence-electron chi connectivity index (χ2n) is 5.14. The number of carbonyl (C=O) groups excluding carboxylic acids is 1. The number of ether oxygens (including phenoxy) is 1. The number of nitrogens with two attached hydrogens (primary N) is 1. The summed E-state index contributed by atoms with van der Waals surface area (Å²) in [5.74, 6) is 0.572. The van der Waals surface area contributed by atoms with Gasteiger partial charge in [0.2, 0.25) is 5.91 Å². The summed E-state index contributed by atoms with van der Waals surface area (Å²) < 4.78 is 5.68. The van der Waals surface area contributed by atoms with Crippen molar-refractivity contribution in [2.24, 2.45) is 11.7 Å². The Bertz CT molecular complexity index is 229. The van der Waals surface area contributed by atoms with Gasteiger partial charge in [0.1, 0.15) is 0 Å². The predicted octanol–water partition coefficient (Wildman–Crippen LogP) is 1.04. The average molecular weight is 228 g/mol. The number of carbonyl (C=O) groups is 1. The topological polar surface area (TPSA) is 64.4 Å². The first-order valence-corrected chi connectivity index (χ1v) is 6.16. The first-order valence-electron chi connectivity index (χ1n) is 6.16. The molecule has 4 heteroatoms. The normalized spacial score (nSPS) is 27.8. The van der Waals surface area contributed by atoms with Crippen molar-refractivity contribution >= 4 is 5.91 Å². The molecule has 3 atom stereocenters. The average Bonchev–Trinajstić information content (AvgIpc) is 2.16. The lowest BCUT2D eigenvalue weighted by molar-refractivity contribution is -0.123. The Morgan fingerprint density at radius 3 is 2.75 bits per heavy atom. The van der Waals surface area contributed by atoms with Crippen LogP contribution in [0.2, 0.25) is 0 Å². The van der Waals surface area contributed by atoms with Crippen molar-refractivity contribution in [2.75, 3.05) is 6.61 Å². The zero-order chi connectivity index (χ0) is 12.1. The molecule has 0 spiro atoms. The molecule has 1 aliphatic heterocycles. The van der Waals surface area contributed by atoms with Gasteiger partial charge in [0.25, 0.3) is 0 Å². The summed E-state index contributed by atoms with van der Waals surface area (Å²) in [6, 6.07) is -0.192. The molecule has 3 N–H and O–H groups in total. The minimum absolute atomic E-state index is 0.0600. The molecular weight excluding hydrogens is 204 g/mol. The van der Waals surface area contributed by atoms with Gasteiger partial charge in [-0.2, -0.15) is 0 Å². The Hall–Kier alpha value is -0.610. The van der Waals surface area contributed by atoms with Crippen molar-refractivity contribution in [1.29, 1.82) is 0 Å². The number of rotatable bonds is 4. The van der Waals surface area contributed by atoms with Crippen LogP contribution in [0.1, 0.15) is 40.0 Å². The molecule has 94 valence electrons. The van der Waals surface area contributed by atoms with E-state index in [1.54, 1.807) is 6.92 Å². The molecule has 1 rings (SSSR count). The predicted molar refractivity (Wildman–Crippen MR) is 64.0 cm³/mol. The van der Waals surface area contributed by atoms with E-state index in [1.165, 1.54) is 0 Å². The Kier molecular flexibility index (Phi) is 5.22. The van der Waals surface area contributed by atoms with Gasteiger partial charge in [-0.15, -0.1) is 0 Å². The maximum absolute atomic E-state index is 11.5. The van der Waals surface area contributed by atoms with Crippen LogP contribution in [0.5, 0.6) is 0 Å². The van der Waals surface area contributed by atoms with Gasteiger partial charge in [-0.1, -0.05) is 13.8 Å². The van der Waals surface area contributed by atoms with Crippen molar-refractivity contribution in [1.82, 2.24) is 5.32 Å². The summed E-state index contributed by atoms with van der Waals surface area (Å²) in [7, 11) is 0. The monoisotopic (exact) mass is 228 g/mol. The largest absolute Gasteiger partial charge is 0.378 e. The van der Waals surface area contributed by atoms with Crippen LogP contribution >= 0.6 is 0 Å². The van der Waals surface area contributed by atoms with Gasteiger partial charge in [-0.3, -0.25) is 4.79 Å². The summed E-state index contributed by atoms with van der Waals surface area (Å²) in [6.45, 7) is 6.82. The minimum Gasteiger partial charge on any atom is -0.378 e. The highest BCUT2D eigenvalue weighted by molar-refractivity contribution is 5.81. The first kappa shape index (κ1) is 13.5. The molecule has 4 nitrogen and oxygen atoms in total. The van der Waals surface area contributed by atoms with E-state index in [4.69, 9.17) is 10.5 Å². The first-order chi connectivity index (χ1) is 7.49. The smallest absolute Gasteiger partial charge is 0.236 e. The highest BCUT2D eigenvalue weighted by Crippen LogP contribution is 2.20. The van der Waals surface area contributed by atoms with Crippen LogP contribution < -0.4 is 11.1 Å². The van der Waals surface area contributed by atoms with Crippen LogP contribution in [0.3, 0.4) is 0 Å². The fourth-order valence-corrected chi connectivity index (χ4v) is 2.03. The third-order valence-electron chi connectivity index (χ3n) is 2.86. The molecule has 1 amide bonds. The molecule has 0 aromatic heterocycles. The highest BCUT2D eigenvalue weighted by Gasteiger charge is 2.24. The molecule has 0 aromatic carbocycles.